The Morgan fingerprint density at radius 3 is 2.48 bits per heavy atom. The number of para-hydroxylation sites is 1. The molecule has 130 valence electrons. The van der Waals surface area contributed by atoms with Gasteiger partial charge in [0.05, 0.1) is 20.3 Å². The first-order valence-electron chi connectivity index (χ1n) is 8.49. The van der Waals surface area contributed by atoms with Crippen molar-refractivity contribution in [1.82, 2.24) is 4.98 Å². The van der Waals surface area contributed by atoms with E-state index in [0.717, 1.165) is 48.9 Å². The summed E-state index contributed by atoms with van der Waals surface area (Å²) in [4.78, 5) is 9.66. The van der Waals surface area contributed by atoms with E-state index in [0.29, 0.717) is 10.0 Å². The number of anilines is 2. The predicted octanol–water partition coefficient (Wildman–Crippen LogP) is 5.49. The highest BCUT2D eigenvalue weighted by Crippen LogP contribution is 2.32. The van der Waals surface area contributed by atoms with Gasteiger partial charge in [-0.25, -0.2) is 4.98 Å². The highest BCUT2D eigenvalue weighted by Gasteiger charge is 2.21. The molecule has 0 bridgehead atoms. The van der Waals surface area contributed by atoms with Crippen LogP contribution < -0.4 is 9.80 Å². The van der Waals surface area contributed by atoms with E-state index < -0.39 is 0 Å². The number of piperazine rings is 1. The first kappa shape index (κ1) is 17.0. The summed E-state index contributed by atoms with van der Waals surface area (Å²) in [5.41, 5.74) is 3.62. The molecular weight excluding hydrogens is 373 g/mol. The van der Waals surface area contributed by atoms with Crippen LogP contribution in [0.15, 0.2) is 36.4 Å². The standard InChI is InChI=1S/C19H19Cl2N3S/c1-2-13-4-3-5-17-18(13)22-19(25-17)24-10-8-23(9-11-24)14-6-7-15(20)16(21)12-14/h3-7,12H,2,8-11H2,1H3. The number of rotatable bonds is 3. The Kier molecular flexibility index (Phi) is 4.76. The van der Waals surface area contributed by atoms with Crippen molar-refractivity contribution in [3.05, 3.63) is 52.0 Å². The van der Waals surface area contributed by atoms with Gasteiger partial charge in [0, 0.05) is 31.9 Å². The van der Waals surface area contributed by atoms with Gasteiger partial charge in [0.2, 0.25) is 0 Å². The number of nitrogens with zero attached hydrogens (tertiary/aromatic N) is 3. The normalized spacial score (nSPS) is 15.2. The number of benzene rings is 2. The summed E-state index contributed by atoms with van der Waals surface area (Å²) in [7, 11) is 0. The van der Waals surface area contributed by atoms with Gasteiger partial charge in [-0.2, -0.15) is 0 Å². The third-order valence-corrected chi connectivity index (χ3v) is 6.51. The molecule has 0 atom stereocenters. The van der Waals surface area contributed by atoms with Gasteiger partial charge >= 0.3 is 0 Å². The molecule has 2 heterocycles. The van der Waals surface area contributed by atoms with Crippen LogP contribution in [-0.4, -0.2) is 31.2 Å². The van der Waals surface area contributed by atoms with Crippen LogP contribution in [-0.2, 0) is 6.42 Å². The number of halogens is 2. The van der Waals surface area contributed by atoms with E-state index in [2.05, 4.69) is 34.9 Å². The summed E-state index contributed by atoms with van der Waals surface area (Å²) in [6.45, 7) is 6.01. The highest BCUT2D eigenvalue weighted by atomic mass is 35.5. The zero-order valence-electron chi connectivity index (χ0n) is 14.0. The molecule has 0 radical (unpaired) electrons. The van der Waals surface area contributed by atoms with Gasteiger partial charge in [0.15, 0.2) is 5.13 Å². The predicted molar refractivity (Wildman–Crippen MR) is 110 cm³/mol. The SMILES string of the molecule is CCc1cccc2sc(N3CCN(c4ccc(Cl)c(Cl)c4)CC3)nc12. The molecule has 1 aliphatic heterocycles. The van der Waals surface area contributed by atoms with E-state index in [1.165, 1.54) is 10.3 Å². The fraction of sp³-hybridized carbons (Fsp3) is 0.316. The monoisotopic (exact) mass is 391 g/mol. The summed E-state index contributed by atoms with van der Waals surface area (Å²) in [5, 5.41) is 2.34. The number of aromatic nitrogens is 1. The maximum Gasteiger partial charge on any atom is 0.186 e. The fourth-order valence-corrected chi connectivity index (χ4v) is 4.61. The summed E-state index contributed by atoms with van der Waals surface area (Å²) < 4.78 is 1.28. The lowest BCUT2D eigenvalue weighted by molar-refractivity contribution is 0.652. The molecule has 0 unspecified atom stereocenters. The zero-order valence-corrected chi connectivity index (χ0v) is 16.3. The van der Waals surface area contributed by atoms with E-state index in [1.54, 1.807) is 11.3 Å². The summed E-state index contributed by atoms with van der Waals surface area (Å²) in [5.74, 6) is 0. The van der Waals surface area contributed by atoms with Crippen LogP contribution in [0.25, 0.3) is 10.2 Å². The Balaban J connectivity index is 1.51. The number of fused-ring (bicyclic) bond motifs is 1. The van der Waals surface area contributed by atoms with Crippen LogP contribution in [0.2, 0.25) is 10.0 Å². The molecule has 4 rings (SSSR count). The molecule has 0 saturated carbocycles. The minimum atomic E-state index is 0.602. The van der Waals surface area contributed by atoms with Gasteiger partial charge in [-0.15, -0.1) is 0 Å². The van der Waals surface area contributed by atoms with Gasteiger partial charge in [-0.3, -0.25) is 0 Å². The van der Waals surface area contributed by atoms with Crippen molar-refractivity contribution in [2.75, 3.05) is 36.0 Å². The third-order valence-electron chi connectivity index (χ3n) is 4.69. The quantitative estimate of drug-likeness (QED) is 0.587. The second kappa shape index (κ2) is 7.02. The number of thiazole rings is 1. The topological polar surface area (TPSA) is 19.4 Å². The molecule has 0 N–H and O–H groups in total. The molecule has 1 saturated heterocycles. The Morgan fingerprint density at radius 2 is 1.76 bits per heavy atom. The summed E-state index contributed by atoms with van der Waals surface area (Å²) >= 11 is 14.0. The number of hydrogen-bond acceptors (Lipinski definition) is 4. The molecule has 0 amide bonds. The van der Waals surface area contributed by atoms with Crippen molar-refractivity contribution >= 4 is 55.6 Å². The molecule has 1 aliphatic rings. The second-order valence-corrected chi connectivity index (χ2v) is 8.01. The lowest BCUT2D eigenvalue weighted by Crippen LogP contribution is -2.46. The average molecular weight is 392 g/mol. The first-order chi connectivity index (χ1) is 12.2. The fourth-order valence-electron chi connectivity index (χ4n) is 3.25. The maximum absolute atomic E-state index is 6.15. The molecule has 0 aliphatic carbocycles. The lowest BCUT2D eigenvalue weighted by Gasteiger charge is -2.36. The maximum atomic E-state index is 6.15. The van der Waals surface area contributed by atoms with Crippen LogP contribution in [0, 0.1) is 0 Å². The van der Waals surface area contributed by atoms with Gasteiger partial charge in [0.1, 0.15) is 0 Å². The Labute approximate surface area is 161 Å². The van der Waals surface area contributed by atoms with Gasteiger partial charge in [-0.05, 0) is 36.2 Å². The minimum Gasteiger partial charge on any atom is -0.368 e. The molecular formula is C19H19Cl2N3S. The average Bonchev–Trinajstić information content (AvgIpc) is 3.08. The molecule has 25 heavy (non-hydrogen) atoms. The van der Waals surface area contributed by atoms with Crippen molar-refractivity contribution in [1.29, 1.82) is 0 Å². The van der Waals surface area contributed by atoms with E-state index in [9.17, 15) is 0 Å². The smallest absolute Gasteiger partial charge is 0.186 e. The van der Waals surface area contributed by atoms with Crippen molar-refractivity contribution in [3.63, 3.8) is 0 Å². The van der Waals surface area contributed by atoms with Crippen molar-refractivity contribution < 1.29 is 0 Å². The van der Waals surface area contributed by atoms with Crippen LogP contribution in [0.4, 0.5) is 10.8 Å². The van der Waals surface area contributed by atoms with Gasteiger partial charge in [0.25, 0.3) is 0 Å². The van der Waals surface area contributed by atoms with Crippen molar-refractivity contribution in [2.45, 2.75) is 13.3 Å². The van der Waals surface area contributed by atoms with E-state index in [1.807, 2.05) is 18.2 Å². The third kappa shape index (κ3) is 3.31. The number of aryl methyl sites for hydroxylation is 1. The lowest BCUT2D eigenvalue weighted by atomic mass is 10.1. The second-order valence-electron chi connectivity index (χ2n) is 6.19. The van der Waals surface area contributed by atoms with E-state index in [4.69, 9.17) is 28.2 Å². The Morgan fingerprint density at radius 1 is 1.00 bits per heavy atom. The Bertz CT molecular complexity index is 901. The molecule has 3 aromatic rings. The number of hydrogen-bond donors (Lipinski definition) is 0. The molecule has 1 fully saturated rings. The minimum absolute atomic E-state index is 0.602. The van der Waals surface area contributed by atoms with E-state index >= 15 is 0 Å². The van der Waals surface area contributed by atoms with Crippen molar-refractivity contribution in [2.24, 2.45) is 0 Å². The van der Waals surface area contributed by atoms with Crippen molar-refractivity contribution in [3.8, 4) is 0 Å². The van der Waals surface area contributed by atoms with Crippen LogP contribution in [0.5, 0.6) is 0 Å². The summed E-state index contributed by atoms with van der Waals surface area (Å²) in [6, 6.07) is 12.3. The highest BCUT2D eigenvalue weighted by molar-refractivity contribution is 7.22. The Hall–Kier alpha value is -1.49. The zero-order chi connectivity index (χ0) is 17.4. The van der Waals surface area contributed by atoms with E-state index in [-0.39, 0.29) is 0 Å². The summed E-state index contributed by atoms with van der Waals surface area (Å²) in [6.07, 6.45) is 1.02. The van der Waals surface area contributed by atoms with Crippen LogP contribution >= 0.6 is 34.5 Å². The van der Waals surface area contributed by atoms with Crippen LogP contribution in [0.1, 0.15) is 12.5 Å². The molecule has 6 heteroatoms. The first-order valence-corrected chi connectivity index (χ1v) is 10.1. The van der Waals surface area contributed by atoms with Crippen LogP contribution in [0.3, 0.4) is 0 Å². The molecule has 3 nitrogen and oxygen atoms in total. The molecule has 0 spiro atoms. The molecule has 1 aromatic heterocycles. The van der Waals surface area contributed by atoms with Gasteiger partial charge < -0.3 is 9.80 Å². The largest absolute Gasteiger partial charge is 0.368 e. The van der Waals surface area contributed by atoms with Gasteiger partial charge in [-0.1, -0.05) is 53.6 Å². The molecule has 2 aromatic carbocycles.